The molecule has 1 aromatic carbocycles. The third-order valence-corrected chi connectivity index (χ3v) is 4.94. The lowest BCUT2D eigenvalue weighted by Gasteiger charge is -2.26. The number of sulfonamides is 1. The van der Waals surface area contributed by atoms with Crippen LogP contribution in [0.4, 0.5) is 0 Å². The van der Waals surface area contributed by atoms with Crippen LogP contribution in [0.15, 0.2) is 17.0 Å². The molecule has 0 spiro atoms. The first-order valence-electron chi connectivity index (χ1n) is 6.61. The third kappa shape index (κ3) is 4.18. The highest BCUT2D eigenvalue weighted by Gasteiger charge is 2.28. The number of hydrogen-bond donors (Lipinski definition) is 3. The average Bonchev–Trinajstić information content (AvgIpc) is 2.25. The van der Waals surface area contributed by atoms with Crippen LogP contribution in [0.2, 0.25) is 0 Å². The summed E-state index contributed by atoms with van der Waals surface area (Å²) in [4.78, 5) is 10.9. The van der Waals surface area contributed by atoms with Gasteiger partial charge in [0.1, 0.15) is 11.3 Å². The number of aromatic hydroxyl groups is 1. The molecule has 0 radical (unpaired) electrons. The third-order valence-electron chi connectivity index (χ3n) is 3.10. The smallest absolute Gasteiger partial charge is 0.339 e. The molecule has 0 bridgehead atoms. The molecule has 21 heavy (non-hydrogen) atoms. The van der Waals surface area contributed by atoms with Crippen molar-refractivity contribution < 1.29 is 23.4 Å². The number of carboxylic acid groups (broad SMARTS) is 1. The molecule has 3 N–H and O–H groups in total. The van der Waals surface area contributed by atoms with Gasteiger partial charge in [0, 0.05) is 5.54 Å². The monoisotopic (exact) mass is 315 g/mol. The predicted octanol–water partition coefficient (Wildman–Crippen LogP) is 2.26. The van der Waals surface area contributed by atoms with E-state index in [0.29, 0.717) is 6.42 Å². The van der Waals surface area contributed by atoms with Gasteiger partial charge in [-0.3, -0.25) is 0 Å². The van der Waals surface area contributed by atoms with Crippen LogP contribution in [0.3, 0.4) is 0 Å². The Morgan fingerprint density at radius 3 is 2.38 bits per heavy atom. The Balaban J connectivity index is 3.32. The Hall–Kier alpha value is -1.60. The highest BCUT2D eigenvalue weighted by Crippen LogP contribution is 2.26. The summed E-state index contributed by atoms with van der Waals surface area (Å²) in [5, 5.41) is 18.6. The summed E-state index contributed by atoms with van der Waals surface area (Å²) in [5.41, 5.74) is -0.784. The number of phenols is 1. The zero-order valence-electron chi connectivity index (χ0n) is 12.6. The maximum Gasteiger partial charge on any atom is 0.339 e. The van der Waals surface area contributed by atoms with Crippen molar-refractivity contribution in [2.45, 2.75) is 51.0 Å². The van der Waals surface area contributed by atoms with Gasteiger partial charge < -0.3 is 10.2 Å². The van der Waals surface area contributed by atoms with Gasteiger partial charge in [0.05, 0.1) is 4.90 Å². The summed E-state index contributed by atoms with van der Waals surface area (Å²) in [6.45, 7) is 6.99. The number of benzene rings is 1. The van der Waals surface area contributed by atoms with Gasteiger partial charge in [0.15, 0.2) is 0 Å². The van der Waals surface area contributed by atoms with Gasteiger partial charge in [-0.05, 0) is 44.9 Å². The van der Waals surface area contributed by atoms with Crippen LogP contribution >= 0.6 is 0 Å². The zero-order valence-corrected chi connectivity index (χ0v) is 13.4. The summed E-state index contributed by atoms with van der Waals surface area (Å²) in [6, 6.07) is 2.13. The zero-order chi connectivity index (χ0) is 16.4. The SMILES string of the molecule is CCCC(C)(C)NS(=O)(=O)c1cc(C(=O)O)c(O)cc1C. The fraction of sp³-hybridized carbons (Fsp3) is 0.500. The molecule has 6 nitrogen and oxygen atoms in total. The van der Waals surface area contributed by atoms with E-state index >= 15 is 0 Å². The average molecular weight is 315 g/mol. The van der Waals surface area contributed by atoms with Crippen LogP contribution < -0.4 is 4.72 Å². The minimum Gasteiger partial charge on any atom is -0.507 e. The molecular weight excluding hydrogens is 294 g/mol. The summed E-state index contributed by atoms with van der Waals surface area (Å²) in [6.07, 6.45) is 1.46. The normalized spacial score (nSPS) is 12.4. The lowest BCUT2D eigenvalue weighted by Crippen LogP contribution is -2.43. The molecule has 1 rings (SSSR count). The van der Waals surface area contributed by atoms with Crippen molar-refractivity contribution in [1.82, 2.24) is 4.72 Å². The number of rotatable bonds is 6. The lowest BCUT2D eigenvalue weighted by molar-refractivity contribution is 0.0693. The Morgan fingerprint density at radius 2 is 1.90 bits per heavy atom. The van der Waals surface area contributed by atoms with Crippen LogP contribution in [0.25, 0.3) is 0 Å². The molecule has 0 aliphatic rings. The molecule has 0 aliphatic heterocycles. The Kier molecular flexibility index (Phi) is 5.01. The largest absolute Gasteiger partial charge is 0.507 e. The van der Waals surface area contributed by atoms with E-state index in [-0.39, 0.29) is 10.5 Å². The molecule has 118 valence electrons. The van der Waals surface area contributed by atoms with Crippen molar-refractivity contribution in [2.24, 2.45) is 0 Å². The van der Waals surface area contributed by atoms with Crippen LogP contribution in [0.5, 0.6) is 5.75 Å². The number of carboxylic acids is 1. The van der Waals surface area contributed by atoms with Crippen molar-refractivity contribution in [3.05, 3.63) is 23.3 Å². The molecular formula is C14H21NO5S. The summed E-state index contributed by atoms with van der Waals surface area (Å²) in [5.74, 6) is -1.83. The quantitative estimate of drug-likeness (QED) is 0.747. The summed E-state index contributed by atoms with van der Waals surface area (Å²) < 4.78 is 27.5. The van der Waals surface area contributed by atoms with E-state index in [9.17, 15) is 18.3 Å². The van der Waals surface area contributed by atoms with E-state index in [1.807, 2.05) is 6.92 Å². The van der Waals surface area contributed by atoms with Crippen LogP contribution in [-0.4, -0.2) is 30.1 Å². The van der Waals surface area contributed by atoms with E-state index < -0.39 is 32.8 Å². The Morgan fingerprint density at radius 1 is 1.33 bits per heavy atom. The van der Waals surface area contributed by atoms with Crippen LogP contribution in [0, 0.1) is 6.92 Å². The van der Waals surface area contributed by atoms with E-state index in [1.165, 1.54) is 6.92 Å². The first-order valence-corrected chi connectivity index (χ1v) is 8.09. The fourth-order valence-electron chi connectivity index (χ4n) is 2.23. The highest BCUT2D eigenvalue weighted by atomic mass is 32.2. The number of nitrogens with one attached hydrogen (secondary N) is 1. The second-order valence-corrected chi connectivity index (χ2v) is 7.33. The van der Waals surface area contributed by atoms with Crippen LogP contribution in [-0.2, 0) is 10.0 Å². The second kappa shape index (κ2) is 6.03. The molecule has 0 aliphatic carbocycles. The predicted molar refractivity (Wildman–Crippen MR) is 79.1 cm³/mol. The van der Waals surface area contributed by atoms with Gasteiger partial charge in [0.25, 0.3) is 0 Å². The number of aromatic carboxylic acids is 1. The lowest BCUT2D eigenvalue weighted by atomic mass is 10.0. The first-order chi connectivity index (χ1) is 9.50. The van der Waals surface area contributed by atoms with E-state index in [1.54, 1.807) is 13.8 Å². The van der Waals surface area contributed by atoms with Gasteiger partial charge in [0.2, 0.25) is 10.0 Å². The molecule has 0 amide bonds. The number of aryl methyl sites for hydroxylation is 1. The number of carbonyl (C=O) groups is 1. The van der Waals surface area contributed by atoms with Crippen LogP contribution in [0.1, 0.15) is 49.5 Å². The van der Waals surface area contributed by atoms with Crippen molar-refractivity contribution in [3.8, 4) is 5.75 Å². The molecule has 0 unspecified atom stereocenters. The van der Waals surface area contributed by atoms with Crippen molar-refractivity contribution in [2.75, 3.05) is 0 Å². The Bertz CT molecular complexity index is 650. The maximum atomic E-state index is 12.4. The van der Waals surface area contributed by atoms with Gasteiger partial charge in [-0.2, -0.15) is 0 Å². The molecule has 0 fully saturated rings. The highest BCUT2D eigenvalue weighted by molar-refractivity contribution is 7.89. The van der Waals surface area contributed by atoms with Gasteiger partial charge in [-0.1, -0.05) is 13.3 Å². The standard InChI is InChI=1S/C14H21NO5S/c1-5-6-14(3,4)15-21(19,20)12-8-10(13(17)18)11(16)7-9(12)2/h7-8,15-16H,5-6H2,1-4H3,(H,17,18). The van der Waals surface area contributed by atoms with E-state index in [2.05, 4.69) is 4.72 Å². The van der Waals surface area contributed by atoms with Gasteiger partial charge in [-0.25, -0.2) is 17.9 Å². The molecule has 0 aromatic heterocycles. The maximum absolute atomic E-state index is 12.4. The fourth-order valence-corrected chi connectivity index (χ4v) is 3.92. The summed E-state index contributed by atoms with van der Waals surface area (Å²) >= 11 is 0. The minimum atomic E-state index is -3.87. The molecule has 0 saturated heterocycles. The van der Waals surface area contributed by atoms with Gasteiger partial charge in [-0.15, -0.1) is 0 Å². The molecule has 7 heteroatoms. The van der Waals surface area contributed by atoms with Crippen molar-refractivity contribution in [3.63, 3.8) is 0 Å². The Labute approximate surface area is 124 Å². The first kappa shape index (κ1) is 17.5. The number of hydrogen-bond acceptors (Lipinski definition) is 4. The minimum absolute atomic E-state index is 0.137. The molecule has 0 heterocycles. The topological polar surface area (TPSA) is 104 Å². The van der Waals surface area contributed by atoms with Crippen molar-refractivity contribution in [1.29, 1.82) is 0 Å². The second-order valence-electron chi connectivity index (χ2n) is 5.68. The summed E-state index contributed by atoms with van der Waals surface area (Å²) in [7, 11) is -3.87. The molecule has 0 saturated carbocycles. The van der Waals surface area contributed by atoms with Crippen molar-refractivity contribution >= 4 is 16.0 Å². The van der Waals surface area contributed by atoms with Gasteiger partial charge >= 0.3 is 5.97 Å². The molecule has 1 aromatic rings. The van der Waals surface area contributed by atoms with E-state index in [0.717, 1.165) is 18.6 Å². The molecule has 0 atom stereocenters. The van der Waals surface area contributed by atoms with E-state index in [4.69, 9.17) is 5.11 Å².